The highest BCUT2D eigenvalue weighted by Gasteiger charge is 2.38. The maximum Gasteiger partial charge on any atom is 0.343 e. The number of ketones is 1. The number of hydrogen-bond donors (Lipinski definition) is 0. The van der Waals surface area contributed by atoms with Crippen LogP contribution in [0.1, 0.15) is 23.6 Å². The summed E-state index contributed by atoms with van der Waals surface area (Å²) in [5.41, 5.74) is 4.94. The van der Waals surface area contributed by atoms with Crippen LogP contribution in [-0.4, -0.2) is 26.0 Å². The molecule has 0 N–H and O–H groups in total. The standard InChI is InChI=1S/C23H23NO4/c1-14-6-9-18(12-15(14)2)24-16(3)21(23(26)28-5)22(25)20(24)13-17-7-10-19(27-4)11-8-17/h6-13H,1-5H3. The Labute approximate surface area is 164 Å². The number of nitrogens with zero attached hydrogens (tertiary/aromatic N) is 1. The topological polar surface area (TPSA) is 55.8 Å². The van der Waals surface area contributed by atoms with E-state index in [1.165, 1.54) is 7.11 Å². The molecule has 0 amide bonds. The highest BCUT2D eigenvalue weighted by atomic mass is 16.5. The minimum Gasteiger partial charge on any atom is -0.497 e. The Balaban J connectivity index is 2.14. The van der Waals surface area contributed by atoms with Gasteiger partial charge in [-0.05, 0) is 67.8 Å². The maximum absolute atomic E-state index is 13.1. The summed E-state index contributed by atoms with van der Waals surface area (Å²) in [4.78, 5) is 27.1. The van der Waals surface area contributed by atoms with Gasteiger partial charge in [0.05, 0.1) is 19.9 Å². The van der Waals surface area contributed by atoms with Crippen molar-refractivity contribution < 1.29 is 19.1 Å². The summed E-state index contributed by atoms with van der Waals surface area (Å²) in [6.45, 7) is 5.81. The summed E-state index contributed by atoms with van der Waals surface area (Å²) in [6, 6.07) is 13.3. The number of benzene rings is 2. The molecular formula is C23H23NO4. The molecule has 0 bridgehead atoms. The monoisotopic (exact) mass is 377 g/mol. The second-order valence-electron chi connectivity index (χ2n) is 6.69. The number of allylic oxidation sites excluding steroid dienone is 2. The smallest absolute Gasteiger partial charge is 0.343 e. The normalized spacial score (nSPS) is 15.4. The summed E-state index contributed by atoms with van der Waals surface area (Å²) in [5.74, 6) is -0.247. The molecule has 0 fully saturated rings. The van der Waals surface area contributed by atoms with E-state index in [1.807, 2.05) is 61.2 Å². The number of anilines is 1. The van der Waals surface area contributed by atoms with Gasteiger partial charge in [0.2, 0.25) is 5.78 Å². The molecule has 0 saturated carbocycles. The van der Waals surface area contributed by atoms with E-state index in [2.05, 4.69) is 0 Å². The second kappa shape index (κ2) is 7.72. The van der Waals surface area contributed by atoms with Crippen LogP contribution in [0, 0.1) is 13.8 Å². The Morgan fingerprint density at radius 2 is 1.64 bits per heavy atom. The van der Waals surface area contributed by atoms with Crippen LogP contribution in [0.25, 0.3) is 6.08 Å². The van der Waals surface area contributed by atoms with Crippen LogP contribution in [0.3, 0.4) is 0 Å². The molecule has 3 rings (SSSR count). The number of carbonyl (C=O) groups is 2. The van der Waals surface area contributed by atoms with Crippen LogP contribution in [-0.2, 0) is 14.3 Å². The van der Waals surface area contributed by atoms with Gasteiger partial charge in [0.25, 0.3) is 0 Å². The molecule has 1 heterocycles. The number of Topliss-reactive ketones (excluding diaryl/α,β-unsaturated/α-hetero) is 1. The van der Waals surface area contributed by atoms with Crippen molar-refractivity contribution >= 4 is 23.5 Å². The molecule has 0 saturated heterocycles. The average Bonchev–Trinajstić information content (AvgIpc) is 2.94. The van der Waals surface area contributed by atoms with Crippen LogP contribution in [0.5, 0.6) is 5.75 Å². The van der Waals surface area contributed by atoms with E-state index in [0.29, 0.717) is 11.4 Å². The van der Waals surface area contributed by atoms with Crippen molar-refractivity contribution in [2.75, 3.05) is 19.1 Å². The Bertz CT molecular complexity index is 1000. The zero-order chi connectivity index (χ0) is 20.4. The molecule has 1 aliphatic rings. The predicted molar refractivity (Wildman–Crippen MR) is 109 cm³/mol. The Morgan fingerprint density at radius 1 is 0.964 bits per heavy atom. The minimum atomic E-state index is -0.630. The number of esters is 1. The third-order valence-electron chi connectivity index (χ3n) is 4.96. The SMILES string of the molecule is COC(=O)C1=C(C)N(c2ccc(C)c(C)c2)C(=Cc2ccc(OC)cc2)C1=O. The first-order valence-corrected chi connectivity index (χ1v) is 8.94. The van der Waals surface area contributed by atoms with Crippen molar-refractivity contribution in [2.45, 2.75) is 20.8 Å². The quantitative estimate of drug-likeness (QED) is 0.454. The van der Waals surface area contributed by atoms with E-state index < -0.39 is 5.97 Å². The van der Waals surface area contributed by atoms with Crippen molar-refractivity contribution in [1.82, 2.24) is 0 Å². The summed E-state index contributed by atoms with van der Waals surface area (Å²) < 4.78 is 10.0. The van der Waals surface area contributed by atoms with Crippen LogP contribution in [0.4, 0.5) is 5.69 Å². The van der Waals surface area contributed by atoms with Crippen LogP contribution in [0.15, 0.2) is 59.4 Å². The van der Waals surface area contributed by atoms with Crippen molar-refractivity contribution in [2.24, 2.45) is 0 Å². The number of aryl methyl sites for hydroxylation is 2. The molecule has 0 aromatic heterocycles. The van der Waals surface area contributed by atoms with Gasteiger partial charge in [0, 0.05) is 11.4 Å². The van der Waals surface area contributed by atoms with Gasteiger partial charge in [-0.3, -0.25) is 4.79 Å². The zero-order valence-corrected chi connectivity index (χ0v) is 16.7. The summed E-state index contributed by atoms with van der Waals surface area (Å²) >= 11 is 0. The molecule has 0 spiro atoms. The number of ether oxygens (including phenoxy) is 2. The molecule has 0 atom stereocenters. The number of rotatable bonds is 4. The molecule has 5 heteroatoms. The van der Waals surface area contributed by atoms with Gasteiger partial charge in [-0.2, -0.15) is 0 Å². The fourth-order valence-corrected chi connectivity index (χ4v) is 3.21. The number of hydrogen-bond acceptors (Lipinski definition) is 5. The van der Waals surface area contributed by atoms with Crippen LogP contribution in [0.2, 0.25) is 0 Å². The van der Waals surface area contributed by atoms with E-state index in [0.717, 1.165) is 28.1 Å². The Hall–Kier alpha value is -3.34. The van der Waals surface area contributed by atoms with Crippen molar-refractivity contribution in [3.63, 3.8) is 0 Å². The molecule has 144 valence electrons. The predicted octanol–water partition coefficient (Wildman–Crippen LogP) is 4.19. The Kier molecular flexibility index (Phi) is 5.36. The van der Waals surface area contributed by atoms with E-state index in [9.17, 15) is 9.59 Å². The number of methoxy groups -OCH3 is 2. The molecule has 0 radical (unpaired) electrons. The van der Waals surface area contributed by atoms with Gasteiger partial charge >= 0.3 is 5.97 Å². The first-order chi connectivity index (χ1) is 13.4. The third-order valence-corrected chi connectivity index (χ3v) is 4.96. The molecule has 1 aliphatic heterocycles. The largest absolute Gasteiger partial charge is 0.497 e. The van der Waals surface area contributed by atoms with E-state index in [1.54, 1.807) is 20.1 Å². The lowest BCUT2D eigenvalue weighted by Crippen LogP contribution is -2.18. The van der Waals surface area contributed by atoms with Crippen molar-refractivity contribution in [1.29, 1.82) is 0 Å². The lowest BCUT2D eigenvalue weighted by molar-refractivity contribution is -0.137. The van der Waals surface area contributed by atoms with Crippen LogP contribution >= 0.6 is 0 Å². The van der Waals surface area contributed by atoms with E-state index in [-0.39, 0.29) is 11.4 Å². The highest BCUT2D eigenvalue weighted by molar-refractivity contribution is 6.30. The number of carbonyl (C=O) groups excluding carboxylic acids is 2. The maximum atomic E-state index is 13.1. The lowest BCUT2D eigenvalue weighted by Gasteiger charge is -2.22. The minimum absolute atomic E-state index is 0.0560. The van der Waals surface area contributed by atoms with Gasteiger partial charge in [-0.1, -0.05) is 18.2 Å². The zero-order valence-electron chi connectivity index (χ0n) is 16.7. The lowest BCUT2D eigenvalue weighted by atomic mass is 10.1. The van der Waals surface area contributed by atoms with E-state index >= 15 is 0 Å². The third kappa shape index (κ3) is 3.43. The molecule has 28 heavy (non-hydrogen) atoms. The van der Waals surface area contributed by atoms with E-state index in [4.69, 9.17) is 9.47 Å². The summed E-state index contributed by atoms with van der Waals surface area (Å²) in [5, 5.41) is 0. The summed E-state index contributed by atoms with van der Waals surface area (Å²) in [7, 11) is 2.88. The van der Waals surface area contributed by atoms with Gasteiger partial charge in [-0.15, -0.1) is 0 Å². The first-order valence-electron chi connectivity index (χ1n) is 8.94. The van der Waals surface area contributed by atoms with Crippen LogP contribution < -0.4 is 9.64 Å². The highest BCUT2D eigenvalue weighted by Crippen LogP contribution is 2.36. The molecule has 0 unspecified atom stereocenters. The van der Waals surface area contributed by atoms with Gasteiger partial charge < -0.3 is 14.4 Å². The average molecular weight is 377 g/mol. The first kappa shape index (κ1) is 19.4. The van der Waals surface area contributed by atoms with Gasteiger partial charge in [0.15, 0.2) is 0 Å². The molecule has 0 aliphatic carbocycles. The fraction of sp³-hybridized carbons (Fsp3) is 0.217. The van der Waals surface area contributed by atoms with Crippen molar-refractivity contribution in [3.8, 4) is 5.75 Å². The summed E-state index contributed by atoms with van der Waals surface area (Å²) in [6.07, 6.45) is 1.77. The molecule has 2 aromatic rings. The Morgan fingerprint density at radius 3 is 2.21 bits per heavy atom. The second-order valence-corrected chi connectivity index (χ2v) is 6.69. The molecule has 5 nitrogen and oxygen atoms in total. The molecular weight excluding hydrogens is 354 g/mol. The fourth-order valence-electron chi connectivity index (χ4n) is 3.21. The van der Waals surface area contributed by atoms with Gasteiger partial charge in [-0.25, -0.2) is 4.79 Å². The van der Waals surface area contributed by atoms with Crippen molar-refractivity contribution in [3.05, 3.63) is 76.1 Å². The molecule has 2 aromatic carbocycles. The van der Waals surface area contributed by atoms with Gasteiger partial charge in [0.1, 0.15) is 11.3 Å².